The Morgan fingerprint density at radius 2 is 2.50 bits per heavy atom. The summed E-state index contributed by atoms with van der Waals surface area (Å²) in [6, 6.07) is 6.17. The zero-order chi connectivity index (χ0) is 11.5. The van der Waals surface area contributed by atoms with Gasteiger partial charge in [-0.05, 0) is 31.4 Å². The van der Waals surface area contributed by atoms with Gasteiger partial charge >= 0.3 is 0 Å². The standard InChI is InChI=1S/C12H16N4/c1-9(14)10-4-6-16(8-10)12-3-2-5-15-11(12)7-13/h2-3,5,9-10H,4,6,8,14H2,1H3. The number of hydrogen-bond donors (Lipinski definition) is 1. The zero-order valence-corrected chi connectivity index (χ0v) is 9.43. The average molecular weight is 216 g/mol. The second kappa shape index (κ2) is 4.50. The average Bonchev–Trinajstić information content (AvgIpc) is 2.78. The van der Waals surface area contributed by atoms with Gasteiger partial charge in [0.1, 0.15) is 6.07 Å². The molecule has 1 aromatic heterocycles. The molecule has 0 spiro atoms. The summed E-state index contributed by atoms with van der Waals surface area (Å²) in [6.45, 7) is 3.94. The Bertz CT molecular complexity index is 408. The molecule has 2 rings (SSSR count). The van der Waals surface area contributed by atoms with Gasteiger partial charge in [-0.15, -0.1) is 0 Å². The van der Waals surface area contributed by atoms with Crippen LogP contribution in [0.4, 0.5) is 5.69 Å². The quantitative estimate of drug-likeness (QED) is 0.804. The van der Waals surface area contributed by atoms with E-state index in [9.17, 15) is 0 Å². The molecule has 1 fully saturated rings. The van der Waals surface area contributed by atoms with Crippen molar-refractivity contribution in [3.8, 4) is 6.07 Å². The van der Waals surface area contributed by atoms with Crippen molar-refractivity contribution < 1.29 is 0 Å². The molecule has 2 heterocycles. The molecular formula is C12H16N4. The van der Waals surface area contributed by atoms with Gasteiger partial charge in [-0.1, -0.05) is 0 Å². The maximum atomic E-state index is 8.99. The summed E-state index contributed by atoms with van der Waals surface area (Å²) in [7, 11) is 0. The summed E-state index contributed by atoms with van der Waals surface area (Å²) in [4.78, 5) is 6.29. The van der Waals surface area contributed by atoms with E-state index in [1.165, 1.54) is 0 Å². The molecular weight excluding hydrogens is 200 g/mol. The number of rotatable bonds is 2. The molecule has 0 radical (unpaired) electrons. The van der Waals surface area contributed by atoms with Crippen LogP contribution >= 0.6 is 0 Å². The van der Waals surface area contributed by atoms with E-state index in [1.807, 2.05) is 19.1 Å². The van der Waals surface area contributed by atoms with Gasteiger partial charge in [0.25, 0.3) is 0 Å². The summed E-state index contributed by atoms with van der Waals surface area (Å²) < 4.78 is 0. The monoisotopic (exact) mass is 216 g/mol. The second-order valence-corrected chi connectivity index (χ2v) is 4.34. The van der Waals surface area contributed by atoms with Crippen LogP contribution in [0.2, 0.25) is 0 Å². The highest BCUT2D eigenvalue weighted by molar-refractivity contribution is 5.56. The van der Waals surface area contributed by atoms with E-state index in [1.54, 1.807) is 6.20 Å². The molecule has 4 heteroatoms. The normalized spacial score (nSPS) is 21.8. The third-order valence-electron chi connectivity index (χ3n) is 3.20. The third kappa shape index (κ3) is 2.00. The van der Waals surface area contributed by atoms with Crippen LogP contribution in [-0.2, 0) is 0 Å². The molecule has 0 aromatic carbocycles. The molecule has 0 bridgehead atoms. The van der Waals surface area contributed by atoms with Gasteiger partial charge in [0, 0.05) is 25.3 Å². The van der Waals surface area contributed by atoms with Gasteiger partial charge in [0.15, 0.2) is 5.69 Å². The smallest absolute Gasteiger partial charge is 0.163 e. The minimum atomic E-state index is 0.215. The maximum Gasteiger partial charge on any atom is 0.163 e. The maximum absolute atomic E-state index is 8.99. The van der Waals surface area contributed by atoms with Gasteiger partial charge in [-0.25, -0.2) is 4.98 Å². The van der Waals surface area contributed by atoms with Crippen LogP contribution in [0.5, 0.6) is 0 Å². The molecule has 4 nitrogen and oxygen atoms in total. The molecule has 1 aliphatic heterocycles. The Hall–Kier alpha value is -1.60. The van der Waals surface area contributed by atoms with Crippen molar-refractivity contribution >= 4 is 5.69 Å². The van der Waals surface area contributed by atoms with Crippen LogP contribution in [0.25, 0.3) is 0 Å². The molecule has 0 saturated carbocycles. The van der Waals surface area contributed by atoms with Crippen molar-refractivity contribution in [1.82, 2.24) is 4.98 Å². The van der Waals surface area contributed by atoms with E-state index in [0.717, 1.165) is 25.2 Å². The SMILES string of the molecule is CC(N)C1CCN(c2cccnc2C#N)C1. The van der Waals surface area contributed by atoms with Gasteiger partial charge in [0.05, 0.1) is 5.69 Å². The molecule has 2 unspecified atom stereocenters. The van der Waals surface area contributed by atoms with Gasteiger partial charge in [-0.2, -0.15) is 5.26 Å². The minimum absolute atomic E-state index is 0.215. The Balaban J connectivity index is 2.18. The topological polar surface area (TPSA) is 65.9 Å². The first-order valence-corrected chi connectivity index (χ1v) is 5.58. The molecule has 16 heavy (non-hydrogen) atoms. The van der Waals surface area contributed by atoms with Gasteiger partial charge in [-0.3, -0.25) is 0 Å². The number of hydrogen-bond acceptors (Lipinski definition) is 4. The largest absolute Gasteiger partial charge is 0.369 e. The first-order valence-electron chi connectivity index (χ1n) is 5.58. The third-order valence-corrected chi connectivity index (χ3v) is 3.20. The molecule has 84 valence electrons. The summed E-state index contributed by atoms with van der Waals surface area (Å²) >= 11 is 0. The number of nitriles is 1. The predicted molar refractivity (Wildman–Crippen MR) is 62.9 cm³/mol. The second-order valence-electron chi connectivity index (χ2n) is 4.34. The highest BCUT2D eigenvalue weighted by Crippen LogP contribution is 2.26. The van der Waals surface area contributed by atoms with Crippen molar-refractivity contribution in [1.29, 1.82) is 5.26 Å². The summed E-state index contributed by atoms with van der Waals surface area (Å²) in [5, 5.41) is 8.99. The van der Waals surface area contributed by atoms with Crippen LogP contribution in [-0.4, -0.2) is 24.1 Å². The molecule has 1 aromatic rings. The summed E-state index contributed by atoms with van der Waals surface area (Å²) in [6.07, 6.45) is 2.75. The lowest BCUT2D eigenvalue weighted by atomic mass is 10.0. The van der Waals surface area contributed by atoms with Gasteiger partial charge in [0.2, 0.25) is 0 Å². The van der Waals surface area contributed by atoms with E-state index in [2.05, 4.69) is 16.0 Å². The Labute approximate surface area is 95.7 Å². The van der Waals surface area contributed by atoms with Crippen LogP contribution in [0.1, 0.15) is 19.0 Å². The fourth-order valence-electron chi connectivity index (χ4n) is 2.17. The number of aromatic nitrogens is 1. The molecule has 2 atom stereocenters. The van der Waals surface area contributed by atoms with Crippen molar-refractivity contribution in [3.05, 3.63) is 24.0 Å². The highest BCUT2D eigenvalue weighted by atomic mass is 15.2. The Morgan fingerprint density at radius 1 is 1.69 bits per heavy atom. The number of anilines is 1. The molecule has 0 amide bonds. The Morgan fingerprint density at radius 3 is 3.12 bits per heavy atom. The predicted octanol–water partition coefficient (Wildman–Crippen LogP) is 1.13. The lowest BCUT2D eigenvalue weighted by Crippen LogP contribution is -2.30. The minimum Gasteiger partial charge on any atom is -0.369 e. The molecule has 1 aliphatic rings. The fraction of sp³-hybridized carbons (Fsp3) is 0.500. The van der Waals surface area contributed by atoms with Crippen LogP contribution in [0.15, 0.2) is 18.3 Å². The molecule has 1 saturated heterocycles. The van der Waals surface area contributed by atoms with Crippen molar-refractivity contribution in [2.24, 2.45) is 11.7 Å². The molecule has 2 N–H and O–H groups in total. The first kappa shape index (κ1) is 10.9. The Kier molecular flexibility index (Phi) is 3.07. The number of nitrogens with two attached hydrogens (primary N) is 1. The summed E-state index contributed by atoms with van der Waals surface area (Å²) in [5.41, 5.74) is 7.35. The van der Waals surface area contributed by atoms with Crippen LogP contribution in [0, 0.1) is 17.2 Å². The first-order chi connectivity index (χ1) is 7.72. The van der Waals surface area contributed by atoms with Crippen molar-refractivity contribution in [2.75, 3.05) is 18.0 Å². The lowest BCUT2D eigenvalue weighted by Gasteiger charge is -2.20. The van der Waals surface area contributed by atoms with Crippen molar-refractivity contribution in [2.45, 2.75) is 19.4 Å². The van der Waals surface area contributed by atoms with E-state index in [0.29, 0.717) is 11.6 Å². The van der Waals surface area contributed by atoms with E-state index in [4.69, 9.17) is 11.0 Å². The number of nitrogens with zero attached hydrogens (tertiary/aromatic N) is 3. The van der Waals surface area contributed by atoms with E-state index >= 15 is 0 Å². The van der Waals surface area contributed by atoms with Crippen LogP contribution in [0.3, 0.4) is 0 Å². The van der Waals surface area contributed by atoms with E-state index < -0.39 is 0 Å². The highest BCUT2D eigenvalue weighted by Gasteiger charge is 2.26. The van der Waals surface area contributed by atoms with E-state index in [-0.39, 0.29) is 6.04 Å². The fourth-order valence-corrected chi connectivity index (χ4v) is 2.17. The van der Waals surface area contributed by atoms with Crippen molar-refractivity contribution in [3.63, 3.8) is 0 Å². The van der Waals surface area contributed by atoms with Gasteiger partial charge < -0.3 is 10.6 Å². The lowest BCUT2D eigenvalue weighted by molar-refractivity contribution is 0.488. The molecule has 0 aliphatic carbocycles. The zero-order valence-electron chi connectivity index (χ0n) is 9.43. The van der Waals surface area contributed by atoms with Crippen LogP contribution < -0.4 is 10.6 Å². The summed E-state index contributed by atoms with van der Waals surface area (Å²) in [5.74, 6) is 0.520. The number of pyridine rings is 1.